The molecule has 0 atom stereocenters. The molecule has 0 aromatic heterocycles. The van der Waals surface area contributed by atoms with Gasteiger partial charge in [0, 0.05) is 5.02 Å². The van der Waals surface area contributed by atoms with Crippen LogP contribution in [0.1, 0.15) is 15.9 Å². The smallest absolute Gasteiger partial charge is 0.299 e. The van der Waals surface area contributed by atoms with Gasteiger partial charge < -0.3 is 4.90 Å². The molecule has 0 fully saturated rings. The molecule has 0 aliphatic carbocycles. The van der Waals surface area contributed by atoms with Gasteiger partial charge in [-0.1, -0.05) is 41.4 Å². The van der Waals surface area contributed by atoms with E-state index in [1.54, 1.807) is 24.3 Å². The Morgan fingerprint density at radius 2 is 1.76 bits per heavy atom. The van der Waals surface area contributed by atoms with Crippen LogP contribution in [0.3, 0.4) is 0 Å². The summed E-state index contributed by atoms with van der Waals surface area (Å²) in [5.74, 6) is -2.09. The van der Waals surface area contributed by atoms with Crippen LogP contribution in [0.25, 0.3) is 0 Å². The van der Waals surface area contributed by atoms with Gasteiger partial charge in [0.15, 0.2) is 0 Å². The maximum Gasteiger partial charge on any atom is 0.299 e. The molecule has 0 unspecified atom stereocenters. The van der Waals surface area contributed by atoms with Gasteiger partial charge in [-0.15, -0.1) is 0 Å². The summed E-state index contributed by atoms with van der Waals surface area (Å²) in [6.07, 6.45) is 0. The predicted molar refractivity (Wildman–Crippen MR) is 78.4 cm³/mol. The average molecular weight is 324 g/mol. The van der Waals surface area contributed by atoms with Crippen LogP contribution in [-0.4, -0.2) is 11.7 Å². The summed E-state index contributed by atoms with van der Waals surface area (Å²) in [5, 5.41) is 0.287. The van der Waals surface area contributed by atoms with Crippen LogP contribution in [0.15, 0.2) is 36.4 Å². The van der Waals surface area contributed by atoms with E-state index in [9.17, 15) is 14.0 Å². The molecule has 106 valence electrons. The Hall–Kier alpha value is -1.91. The molecule has 2 aromatic carbocycles. The number of nitrogens with zero attached hydrogens (tertiary/aromatic N) is 1. The highest BCUT2D eigenvalue weighted by molar-refractivity contribution is 6.52. The second-order valence-electron chi connectivity index (χ2n) is 4.60. The number of ketones is 1. The van der Waals surface area contributed by atoms with Crippen molar-refractivity contribution in [3.8, 4) is 0 Å². The number of hydrogen-bond acceptors (Lipinski definition) is 2. The van der Waals surface area contributed by atoms with Crippen LogP contribution in [-0.2, 0) is 11.3 Å². The second kappa shape index (κ2) is 5.13. The van der Waals surface area contributed by atoms with Crippen LogP contribution >= 0.6 is 23.2 Å². The Bertz CT molecular complexity index is 776. The summed E-state index contributed by atoms with van der Waals surface area (Å²) >= 11 is 11.7. The molecule has 0 N–H and O–H groups in total. The Morgan fingerprint density at radius 1 is 1.05 bits per heavy atom. The third-order valence-corrected chi connectivity index (χ3v) is 3.96. The fourth-order valence-electron chi connectivity index (χ4n) is 2.24. The number of carbonyl (C=O) groups excluding carboxylic acids is 2. The molecule has 1 aliphatic heterocycles. The first-order chi connectivity index (χ1) is 9.99. The SMILES string of the molecule is O=C1C(=O)N(Cc2ccccc2Cl)c2cc(F)c(Cl)cc21. The number of Topliss-reactive ketones (excluding diaryl/α,β-unsaturated/α-hetero) is 1. The molecule has 0 bridgehead atoms. The fourth-order valence-corrected chi connectivity index (χ4v) is 2.60. The molecule has 0 saturated carbocycles. The summed E-state index contributed by atoms with van der Waals surface area (Å²) in [6, 6.07) is 9.23. The number of halogens is 3. The van der Waals surface area contributed by atoms with E-state index >= 15 is 0 Å². The van der Waals surface area contributed by atoms with Gasteiger partial charge in [0.05, 0.1) is 22.8 Å². The number of carbonyl (C=O) groups is 2. The molecular formula is C15H8Cl2FNO2. The van der Waals surface area contributed by atoms with E-state index in [-0.39, 0.29) is 22.8 Å². The molecular weight excluding hydrogens is 316 g/mol. The van der Waals surface area contributed by atoms with Crippen molar-refractivity contribution < 1.29 is 14.0 Å². The molecule has 21 heavy (non-hydrogen) atoms. The number of fused-ring (bicyclic) bond motifs is 1. The molecule has 6 heteroatoms. The largest absolute Gasteiger partial charge is 0.300 e. The van der Waals surface area contributed by atoms with Crippen molar-refractivity contribution in [2.75, 3.05) is 4.90 Å². The van der Waals surface area contributed by atoms with Crippen molar-refractivity contribution in [3.05, 3.63) is 63.4 Å². The van der Waals surface area contributed by atoms with Gasteiger partial charge in [-0.2, -0.15) is 0 Å². The van der Waals surface area contributed by atoms with Gasteiger partial charge in [-0.05, 0) is 23.8 Å². The lowest BCUT2D eigenvalue weighted by Gasteiger charge is -2.17. The number of anilines is 1. The van der Waals surface area contributed by atoms with Crippen molar-refractivity contribution in [1.82, 2.24) is 0 Å². The molecule has 1 aliphatic rings. The highest BCUT2D eigenvalue weighted by Gasteiger charge is 2.37. The van der Waals surface area contributed by atoms with Crippen LogP contribution in [0.5, 0.6) is 0 Å². The topological polar surface area (TPSA) is 37.4 Å². The molecule has 0 spiro atoms. The molecule has 3 nitrogen and oxygen atoms in total. The van der Waals surface area contributed by atoms with Crippen molar-refractivity contribution in [1.29, 1.82) is 0 Å². The summed E-state index contributed by atoms with van der Waals surface area (Å²) in [7, 11) is 0. The van der Waals surface area contributed by atoms with Gasteiger partial charge in [0.2, 0.25) is 0 Å². The van der Waals surface area contributed by atoms with E-state index in [2.05, 4.69) is 0 Å². The lowest BCUT2D eigenvalue weighted by atomic mass is 10.1. The Morgan fingerprint density at radius 3 is 2.48 bits per heavy atom. The van der Waals surface area contributed by atoms with E-state index in [1.165, 1.54) is 11.0 Å². The van der Waals surface area contributed by atoms with Crippen LogP contribution in [0.2, 0.25) is 10.0 Å². The number of benzene rings is 2. The van der Waals surface area contributed by atoms with Gasteiger partial charge in [-0.3, -0.25) is 9.59 Å². The van der Waals surface area contributed by atoms with E-state index in [4.69, 9.17) is 23.2 Å². The zero-order valence-corrected chi connectivity index (χ0v) is 12.1. The minimum absolute atomic E-state index is 0.0956. The summed E-state index contributed by atoms with van der Waals surface area (Å²) in [4.78, 5) is 25.2. The van der Waals surface area contributed by atoms with Crippen molar-refractivity contribution in [3.63, 3.8) is 0 Å². The maximum absolute atomic E-state index is 13.6. The van der Waals surface area contributed by atoms with Crippen molar-refractivity contribution in [2.45, 2.75) is 6.54 Å². The van der Waals surface area contributed by atoms with Gasteiger partial charge >= 0.3 is 0 Å². The third-order valence-electron chi connectivity index (χ3n) is 3.30. The van der Waals surface area contributed by atoms with Crippen LogP contribution in [0.4, 0.5) is 10.1 Å². The van der Waals surface area contributed by atoms with Crippen molar-refractivity contribution in [2.24, 2.45) is 0 Å². The fraction of sp³-hybridized carbons (Fsp3) is 0.0667. The lowest BCUT2D eigenvalue weighted by molar-refractivity contribution is -0.114. The van der Waals surface area contributed by atoms with Gasteiger partial charge in [0.1, 0.15) is 5.82 Å². The monoisotopic (exact) mass is 323 g/mol. The predicted octanol–water partition coefficient (Wildman–Crippen LogP) is 3.86. The van der Waals surface area contributed by atoms with Gasteiger partial charge in [-0.25, -0.2) is 4.39 Å². The first kappa shape index (κ1) is 14.0. The lowest BCUT2D eigenvalue weighted by Crippen LogP contribution is -2.29. The molecule has 1 heterocycles. The highest BCUT2D eigenvalue weighted by Crippen LogP contribution is 2.34. The zero-order chi connectivity index (χ0) is 15.1. The van der Waals surface area contributed by atoms with E-state index < -0.39 is 17.5 Å². The van der Waals surface area contributed by atoms with Crippen LogP contribution < -0.4 is 4.90 Å². The summed E-state index contributed by atoms with van der Waals surface area (Å²) in [6.45, 7) is 0.0956. The zero-order valence-electron chi connectivity index (χ0n) is 10.6. The first-order valence-corrected chi connectivity index (χ1v) is 6.83. The number of hydrogen-bond donors (Lipinski definition) is 0. The molecule has 0 saturated heterocycles. The molecule has 0 radical (unpaired) electrons. The minimum atomic E-state index is -0.716. The van der Waals surface area contributed by atoms with E-state index in [1.807, 2.05) is 0 Å². The first-order valence-electron chi connectivity index (χ1n) is 6.07. The van der Waals surface area contributed by atoms with E-state index in [0.717, 1.165) is 6.07 Å². The highest BCUT2D eigenvalue weighted by atomic mass is 35.5. The Labute approximate surface area is 129 Å². The second-order valence-corrected chi connectivity index (χ2v) is 5.41. The van der Waals surface area contributed by atoms with Gasteiger partial charge in [0.25, 0.3) is 11.7 Å². The maximum atomic E-state index is 13.6. The summed E-state index contributed by atoms with van der Waals surface area (Å²) in [5.41, 5.74) is 0.994. The van der Waals surface area contributed by atoms with Crippen molar-refractivity contribution >= 4 is 40.6 Å². The van der Waals surface area contributed by atoms with E-state index in [0.29, 0.717) is 10.6 Å². The standard InChI is InChI=1S/C15H8Cl2FNO2/c16-10-4-2-1-3-8(10)7-19-13-6-12(18)11(17)5-9(13)14(20)15(19)21/h1-6H,7H2. The Kier molecular flexibility index (Phi) is 3.43. The third kappa shape index (κ3) is 2.30. The average Bonchev–Trinajstić information content (AvgIpc) is 2.67. The quantitative estimate of drug-likeness (QED) is 0.787. The normalized spacial score (nSPS) is 13.8. The minimum Gasteiger partial charge on any atom is -0.300 e. The molecule has 1 amide bonds. The summed E-state index contributed by atoms with van der Waals surface area (Å²) < 4.78 is 13.6. The Balaban J connectivity index is 2.06. The molecule has 3 rings (SSSR count). The van der Waals surface area contributed by atoms with Crippen LogP contribution in [0, 0.1) is 5.82 Å². The number of rotatable bonds is 2. The molecule has 2 aromatic rings. The number of amides is 1.